The van der Waals surface area contributed by atoms with Crippen LogP contribution < -0.4 is 4.72 Å². The summed E-state index contributed by atoms with van der Waals surface area (Å²) in [6.07, 6.45) is 3.91. The summed E-state index contributed by atoms with van der Waals surface area (Å²) in [5, 5.41) is 0.611. The van der Waals surface area contributed by atoms with Gasteiger partial charge in [-0.15, -0.1) is 0 Å². The Labute approximate surface area is 142 Å². The van der Waals surface area contributed by atoms with Crippen molar-refractivity contribution in [3.8, 4) is 5.69 Å². The number of nitrogens with one attached hydrogen (secondary N) is 1. The van der Waals surface area contributed by atoms with Gasteiger partial charge < -0.3 is 4.57 Å². The summed E-state index contributed by atoms with van der Waals surface area (Å²) in [7, 11) is 0. The predicted molar refractivity (Wildman–Crippen MR) is 100 cm³/mol. The van der Waals surface area contributed by atoms with Crippen molar-refractivity contribution >= 4 is 23.0 Å². The number of rotatable bonds is 6. The first-order valence-corrected chi connectivity index (χ1v) is 8.94. The van der Waals surface area contributed by atoms with Gasteiger partial charge in [0.25, 0.3) is 0 Å². The highest BCUT2D eigenvalue weighted by Gasteiger charge is 2.08. The van der Waals surface area contributed by atoms with Gasteiger partial charge in [-0.2, -0.15) is 0 Å². The average Bonchev–Trinajstić information content (AvgIpc) is 2.98. The van der Waals surface area contributed by atoms with E-state index in [1.54, 1.807) is 11.9 Å². The van der Waals surface area contributed by atoms with Crippen LogP contribution in [-0.4, -0.2) is 21.3 Å². The number of nitrogens with zero attached hydrogens (tertiary/aromatic N) is 2. The van der Waals surface area contributed by atoms with Crippen molar-refractivity contribution in [2.45, 2.75) is 31.9 Å². The van der Waals surface area contributed by atoms with E-state index >= 15 is 0 Å². The SMILES string of the molecule is CC(C)SNCC(C)c1ccc(-n2ccc3ncccc32)cc1. The summed E-state index contributed by atoms with van der Waals surface area (Å²) in [6.45, 7) is 7.65. The van der Waals surface area contributed by atoms with Gasteiger partial charge in [-0.1, -0.05) is 44.9 Å². The maximum Gasteiger partial charge on any atom is 0.0884 e. The Kier molecular flexibility index (Phi) is 5.03. The summed E-state index contributed by atoms with van der Waals surface area (Å²) >= 11 is 1.80. The minimum Gasteiger partial charge on any atom is -0.315 e. The molecule has 0 saturated carbocycles. The van der Waals surface area contributed by atoms with Gasteiger partial charge in [-0.3, -0.25) is 9.71 Å². The van der Waals surface area contributed by atoms with E-state index < -0.39 is 0 Å². The van der Waals surface area contributed by atoms with Gasteiger partial charge in [0, 0.05) is 29.9 Å². The molecule has 23 heavy (non-hydrogen) atoms. The summed E-state index contributed by atoms with van der Waals surface area (Å²) in [5.41, 5.74) is 4.71. The van der Waals surface area contributed by atoms with Crippen LogP contribution in [0.3, 0.4) is 0 Å². The monoisotopic (exact) mass is 325 g/mol. The molecule has 0 bridgehead atoms. The number of fused-ring (bicyclic) bond motifs is 1. The second kappa shape index (κ2) is 7.20. The Morgan fingerprint density at radius 1 is 1.09 bits per heavy atom. The molecule has 3 aromatic rings. The molecule has 1 N–H and O–H groups in total. The summed E-state index contributed by atoms with van der Waals surface area (Å²) in [5.74, 6) is 0.498. The first-order chi connectivity index (χ1) is 11.1. The summed E-state index contributed by atoms with van der Waals surface area (Å²) in [6, 6.07) is 15.0. The third-order valence-electron chi connectivity index (χ3n) is 3.91. The third-order valence-corrected chi connectivity index (χ3v) is 4.71. The van der Waals surface area contributed by atoms with E-state index in [9.17, 15) is 0 Å². The Balaban J connectivity index is 1.74. The Morgan fingerprint density at radius 2 is 1.87 bits per heavy atom. The molecule has 1 aromatic carbocycles. The molecule has 2 aromatic heterocycles. The van der Waals surface area contributed by atoms with E-state index in [-0.39, 0.29) is 0 Å². The zero-order valence-electron chi connectivity index (χ0n) is 13.9. The van der Waals surface area contributed by atoms with Gasteiger partial charge in [0.2, 0.25) is 0 Å². The van der Waals surface area contributed by atoms with E-state index in [2.05, 4.69) is 77.6 Å². The average molecular weight is 325 g/mol. The van der Waals surface area contributed by atoms with Crippen LogP contribution in [0.4, 0.5) is 0 Å². The van der Waals surface area contributed by atoms with E-state index in [1.165, 1.54) is 11.3 Å². The topological polar surface area (TPSA) is 29.9 Å². The second-order valence-electron chi connectivity index (χ2n) is 6.10. The Bertz CT molecular complexity index is 762. The van der Waals surface area contributed by atoms with Crippen LogP contribution in [0.1, 0.15) is 32.3 Å². The molecule has 3 nitrogen and oxygen atoms in total. The number of aromatic nitrogens is 2. The fourth-order valence-electron chi connectivity index (χ4n) is 2.61. The Hall–Kier alpha value is -1.78. The van der Waals surface area contributed by atoms with E-state index in [1.807, 2.05) is 12.3 Å². The molecule has 2 heterocycles. The lowest BCUT2D eigenvalue weighted by molar-refractivity contribution is 0.739. The van der Waals surface area contributed by atoms with Crippen molar-refractivity contribution < 1.29 is 0 Å². The number of hydrogen-bond donors (Lipinski definition) is 1. The number of benzene rings is 1. The molecule has 0 radical (unpaired) electrons. The van der Waals surface area contributed by atoms with Crippen molar-refractivity contribution in [2.75, 3.05) is 6.54 Å². The van der Waals surface area contributed by atoms with Crippen LogP contribution in [0.2, 0.25) is 0 Å². The van der Waals surface area contributed by atoms with Gasteiger partial charge in [-0.05, 0) is 41.8 Å². The molecule has 1 unspecified atom stereocenters. The molecule has 0 fully saturated rings. The van der Waals surface area contributed by atoms with Crippen LogP contribution in [0.5, 0.6) is 0 Å². The van der Waals surface area contributed by atoms with Crippen LogP contribution >= 0.6 is 11.9 Å². The van der Waals surface area contributed by atoms with Crippen molar-refractivity contribution in [1.29, 1.82) is 0 Å². The lowest BCUT2D eigenvalue weighted by atomic mass is 10.0. The zero-order chi connectivity index (χ0) is 16.2. The standard InChI is InChI=1S/C19H23N3S/c1-14(2)23-21-13-15(3)16-6-8-17(9-7-16)22-12-10-18-19(22)5-4-11-20-18/h4-12,14-15,21H,13H2,1-3H3. The molecule has 0 amide bonds. The molecule has 0 saturated heterocycles. The molecule has 0 aliphatic heterocycles. The maximum absolute atomic E-state index is 4.39. The molecule has 0 aliphatic rings. The van der Waals surface area contributed by atoms with Crippen molar-refractivity contribution in [3.63, 3.8) is 0 Å². The highest BCUT2D eigenvalue weighted by atomic mass is 32.2. The van der Waals surface area contributed by atoms with Gasteiger partial charge in [0.15, 0.2) is 0 Å². The van der Waals surface area contributed by atoms with E-state index in [4.69, 9.17) is 0 Å². The van der Waals surface area contributed by atoms with Crippen molar-refractivity contribution in [1.82, 2.24) is 14.3 Å². The summed E-state index contributed by atoms with van der Waals surface area (Å²) in [4.78, 5) is 4.39. The van der Waals surface area contributed by atoms with Crippen molar-refractivity contribution in [3.05, 3.63) is 60.4 Å². The smallest absolute Gasteiger partial charge is 0.0884 e. The van der Waals surface area contributed by atoms with Crippen LogP contribution in [0.15, 0.2) is 54.9 Å². The van der Waals surface area contributed by atoms with Crippen LogP contribution in [0, 0.1) is 0 Å². The van der Waals surface area contributed by atoms with E-state index in [0.717, 1.165) is 17.6 Å². The molecule has 0 spiro atoms. The first kappa shape index (κ1) is 16.1. The summed E-state index contributed by atoms with van der Waals surface area (Å²) < 4.78 is 5.64. The fourth-order valence-corrected chi connectivity index (χ4v) is 3.29. The normalized spacial score (nSPS) is 12.9. The molecule has 3 rings (SSSR count). The zero-order valence-corrected chi connectivity index (χ0v) is 14.7. The van der Waals surface area contributed by atoms with Gasteiger partial charge in [-0.25, -0.2) is 0 Å². The van der Waals surface area contributed by atoms with Gasteiger partial charge >= 0.3 is 0 Å². The van der Waals surface area contributed by atoms with Gasteiger partial charge in [0.05, 0.1) is 11.0 Å². The largest absolute Gasteiger partial charge is 0.315 e. The minimum absolute atomic E-state index is 0.498. The first-order valence-electron chi connectivity index (χ1n) is 8.06. The lowest BCUT2D eigenvalue weighted by Gasteiger charge is -2.15. The molecular weight excluding hydrogens is 302 g/mol. The third kappa shape index (κ3) is 3.77. The fraction of sp³-hybridized carbons (Fsp3) is 0.316. The Morgan fingerprint density at radius 3 is 2.61 bits per heavy atom. The van der Waals surface area contributed by atoms with Crippen LogP contribution in [-0.2, 0) is 0 Å². The highest BCUT2D eigenvalue weighted by molar-refractivity contribution is 7.97. The molecule has 4 heteroatoms. The molecule has 1 atom stereocenters. The van der Waals surface area contributed by atoms with Crippen molar-refractivity contribution in [2.24, 2.45) is 0 Å². The molecule has 0 aliphatic carbocycles. The minimum atomic E-state index is 0.498. The number of hydrogen-bond acceptors (Lipinski definition) is 3. The van der Waals surface area contributed by atoms with E-state index in [0.29, 0.717) is 11.2 Å². The molecule has 120 valence electrons. The highest BCUT2D eigenvalue weighted by Crippen LogP contribution is 2.22. The van der Waals surface area contributed by atoms with Gasteiger partial charge in [0.1, 0.15) is 0 Å². The van der Waals surface area contributed by atoms with Crippen LogP contribution in [0.25, 0.3) is 16.7 Å². The second-order valence-corrected chi connectivity index (χ2v) is 7.57. The molecular formula is C19H23N3S. The quantitative estimate of drug-likeness (QED) is 0.662. The predicted octanol–water partition coefficient (Wildman–Crippen LogP) is 4.78. The maximum atomic E-state index is 4.39. The number of pyridine rings is 1. The lowest BCUT2D eigenvalue weighted by Crippen LogP contribution is -2.15.